The second-order valence-electron chi connectivity index (χ2n) is 20.9. The Labute approximate surface area is 458 Å². The summed E-state index contributed by atoms with van der Waals surface area (Å²) in [5, 5.41) is 0. The van der Waals surface area contributed by atoms with E-state index in [1.54, 1.807) is 0 Å². The molecule has 0 aliphatic carbocycles. The minimum absolute atomic E-state index is 0.0843. The molecule has 0 amide bonds. The van der Waals surface area contributed by atoms with Crippen LogP contribution in [0.25, 0.3) is 0 Å². The van der Waals surface area contributed by atoms with Gasteiger partial charge in [-0.3, -0.25) is 14.4 Å². The van der Waals surface area contributed by atoms with E-state index in [0.29, 0.717) is 19.3 Å². The van der Waals surface area contributed by atoms with Gasteiger partial charge < -0.3 is 14.2 Å². The first kappa shape index (κ1) is 70.6. The van der Waals surface area contributed by atoms with Crippen LogP contribution in [0.1, 0.15) is 310 Å². The van der Waals surface area contributed by atoms with Crippen LogP contribution in [0.2, 0.25) is 0 Å². The molecule has 1 unspecified atom stereocenters. The van der Waals surface area contributed by atoms with E-state index >= 15 is 0 Å². The lowest BCUT2D eigenvalue weighted by molar-refractivity contribution is -0.167. The Morgan fingerprint density at radius 1 is 0.284 bits per heavy atom. The fourth-order valence-electron chi connectivity index (χ4n) is 8.98. The Morgan fingerprint density at radius 2 is 0.527 bits per heavy atom. The predicted molar refractivity (Wildman–Crippen MR) is 321 cm³/mol. The first-order chi connectivity index (χ1) is 36.5. The van der Waals surface area contributed by atoms with Gasteiger partial charge in [-0.15, -0.1) is 0 Å². The summed E-state index contributed by atoms with van der Waals surface area (Å²) in [6.07, 6.45) is 81.6. The lowest BCUT2D eigenvalue weighted by atomic mass is 10.0. The van der Waals surface area contributed by atoms with Crippen LogP contribution >= 0.6 is 0 Å². The average molecular weight is 1030 g/mol. The predicted octanol–water partition coefficient (Wildman–Crippen LogP) is 21.5. The van der Waals surface area contributed by atoms with Crippen LogP contribution in [0.5, 0.6) is 0 Å². The van der Waals surface area contributed by atoms with Gasteiger partial charge >= 0.3 is 17.9 Å². The number of carbonyl (C=O) groups is 3. The van der Waals surface area contributed by atoms with Crippen molar-refractivity contribution in [1.82, 2.24) is 0 Å². The second-order valence-corrected chi connectivity index (χ2v) is 20.9. The molecule has 0 fully saturated rings. The molecule has 1 atom stereocenters. The number of hydrogen-bond acceptors (Lipinski definition) is 6. The Kier molecular flexibility index (Phi) is 59.3. The Morgan fingerprint density at radius 3 is 0.824 bits per heavy atom. The van der Waals surface area contributed by atoms with E-state index in [9.17, 15) is 14.4 Å². The van der Waals surface area contributed by atoms with Crippen LogP contribution in [-0.2, 0) is 28.6 Å². The van der Waals surface area contributed by atoms with Crippen molar-refractivity contribution in [1.29, 1.82) is 0 Å². The van der Waals surface area contributed by atoms with E-state index in [1.165, 1.54) is 141 Å². The highest BCUT2D eigenvalue weighted by atomic mass is 16.6. The zero-order valence-corrected chi connectivity index (χ0v) is 48.8. The highest BCUT2D eigenvalue weighted by Gasteiger charge is 2.19. The third kappa shape index (κ3) is 59.5. The van der Waals surface area contributed by atoms with Gasteiger partial charge in [0.15, 0.2) is 6.10 Å². The fourth-order valence-corrected chi connectivity index (χ4v) is 8.98. The Bertz CT molecular complexity index is 1420. The van der Waals surface area contributed by atoms with Crippen molar-refractivity contribution in [2.45, 2.75) is 316 Å². The highest BCUT2D eigenvalue weighted by Crippen LogP contribution is 2.17. The standard InChI is InChI=1S/C68H118O6/c1-4-7-10-13-16-19-22-25-28-30-32-34-36-37-40-43-46-49-52-55-58-61-67(70)73-64-65(63-72-66(69)60-57-54-51-48-45-42-39-27-24-21-18-15-12-9-6-3)74-68(71)62-59-56-53-50-47-44-41-38-35-33-31-29-26-23-20-17-14-11-8-5-2/h7,9-10,12,16,18-19,21,25,27-28,32,34,39,65H,4-6,8,11,13-15,17,20,22-24,26,29-31,33,35-38,40-64H2,1-3H3/b10-7-,12-9-,19-16-,21-18-,28-25-,34-32-,39-27-. The maximum atomic E-state index is 12.9. The van der Waals surface area contributed by atoms with E-state index in [2.05, 4.69) is 106 Å². The molecule has 0 rings (SSSR count). The maximum absolute atomic E-state index is 12.9. The van der Waals surface area contributed by atoms with Crippen LogP contribution in [0.15, 0.2) is 85.1 Å². The van der Waals surface area contributed by atoms with Crippen molar-refractivity contribution in [3.05, 3.63) is 85.1 Å². The summed E-state index contributed by atoms with van der Waals surface area (Å²) in [6, 6.07) is 0. The molecule has 0 saturated carbocycles. The first-order valence-electron chi connectivity index (χ1n) is 31.6. The zero-order valence-electron chi connectivity index (χ0n) is 48.8. The molecule has 0 aromatic carbocycles. The fraction of sp³-hybridized carbons (Fsp3) is 0.750. The molecular weight excluding hydrogens is 913 g/mol. The van der Waals surface area contributed by atoms with Crippen molar-refractivity contribution in [3.8, 4) is 0 Å². The normalized spacial score (nSPS) is 12.6. The molecule has 0 aliphatic heterocycles. The Balaban J connectivity index is 4.37. The number of rotatable bonds is 57. The molecule has 6 heteroatoms. The van der Waals surface area contributed by atoms with Gasteiger partial charge in [-0.25, -0.2) is 0 Å². The van der Waals surface area contributed by atoms with Gasteiger partial charge in [-0.05, 0) is 89.9 Å². The summed E-state index contributed by atoms with van der Waals surface area (Å²) in [5.41, 5.74) is 0. The van der Waals surface area contributed by atoms with Crippen molar-refractivity contribution in [3.63, 3.8) is 0 Å². The van der Waals surface area contributed by atoms with Gasteiger partial charge in [0.25, 0.3) is 0 Å². The molecule has 6 nitrogen and oxygen atoms in total. The minimum atomic E-state index is -0.787. The Hall–Kier alpha value is -3.41. The third-order valence-corrected chi connectivity index (χ3v) is 13.6. The summed E-state index contributed by atoms with van der Waals surface area (Å²) < 4.78 is 16.9. The summed E-state index contributed by atoms with van der Waals surface area (Å²) in [6.45, 7) is 6.43. The van der Waals surface area contributed by atoms with Gasteiger partial charge in [0.2, 0.25) is 0 Å². The molecule has 0 saturated heterocycles. The van der Waals surface area contributed by atoms with Crippen molar-refractivity contribution < 1.29 is 28.6 Å². The van der Waals surface area contributed by atoms with Crippen LogP contribution in [0.3, 0.4) is 0 Å². The van der Waals surface area contributed by atoms with Gasteiger partial charge in [0.1, 0.15) is 13.2 Å². The lowest BCUT2D eigenvalue weighted by Crippen LogP contribution is -2.30. The molecule has 74 heavy (non-hydrogen) atoms. The quantitative estimate of drug-likeness (QED) is 0.0261. The highest BCUT2D eigenvalue weighted by molar-refractivity contribution is 5.71. The smallest absolute Gasteiger partial charge is 0.306 e. The van der Waals surface area contributed by atoms with Crippen LogP contribution in [-0.4, -0.2) is 37.2 Å². The topological polar surface area (TPSA) is 78.9 Å². The van der Waals surface area contributed by atoms with E-state index in [-0.39, 0.29) is 31.1 Å². The van der Waals surface area contributed by atoms with Gasteiger partial charge in [0, 0.05) is 19.3 Å². The summed E-state index contributed by atoms with van der Waals surface area (Å²) in [7, 11) is 0. The number of ether oxygens (including phenoxy) is 3. The van der Waals surface area contributed by atoms with Crippen LogP contribution in [0, 0.1) is 0 Å². The van der Waals surface area contributed by atoms with E-state index in [1.807, 2.05) is 0 Å². The maximum Gasteiger partial charge on any atom is 0.306 e. The molecule has 0 aromatic heterocycles. The van der Waals surface area contributed by atoms with E-state index in [0.717, 1.165) is 128 Å². The molecule has 0 spiro atoms. The molecule has 0 radical (unpaired) electrons. The zero-order chi connectivity index (χ0) is 53.6. The molecule has 0 aliphatic rings. The summed E-state index contributed by atoms with van der Waals surface area (Å²) >= 11 is 0. The van der Waals surface area contributed by atoms with Crippen molar-refractivity contribution >= 4 is 17.9 Å². The van der Waals surface area contributed by atoms with Crippen molar-refractivity contribution in [2.24, 2.45) is 0 Å². The SMILES string of the molecule is CC/C=C\C/C=C\C/C=C\C/C=C\CCCCCCCCCCC(=O)OCC(COC(=O)CCCCCCC/C=C\C/C=C\C/C=C\CC)OC(=O)CCCCCCCCCCCCCCCCCCCCCC. The second kappa shape index (κ2) is 62.1. The molecule has 426 valence electrons. The largest absolute Gasteiger partial charge is 0.462 e. The lowest BCUT2D eigenvalue weighted by Gasteiger charge is -2.18. The van der Waals surface area contributed by atoms with E-state index in [4.69, 9.17) is 14.2 Å². The van der Waals surface area contributed by atoms with Gasteiger partial charge in [0.05, 0.1) is 0 Å². The number of unbranched alkanes of at least 4 members (excludes halogenated alkanes) is 32. The summed E-state index contributed by atoms with van der Waals surface area (Å²) in [5.74, 6) is -0.894. The number of allylic oxidation sites excluding steroid dienone is 14. The summed E-state index contributed by atoms with van der Waals surface area (Å²) in [4.78, 5) is 38.3. The monoisotopic (exact) mass is 1030 g/mol. The van der Waals surface area contributed by atoms with Gasteiger partial charge in [-0.2, -0.15) is 0 Å². The molecule has 0 heterocycles. The first-order valence-corrected chi connectivity index (χ1v) is 31.6. The molecule has 0 N–H and O–H groups in total. The molecular formula is C68H118O6. The number of esters is 3. The molecule has 0 bridgehead atoms. The van der Waals surface area contributed by atoms with Crippen LogP contribution in [0.4, 0.5) is 0 Å². The third-order valence-electron chi connectivity index (χ3n) is 13.6. The van der Waals surface area contributed by atoms with Crippen LogP contribution < -0.4 is 0 Å². The average Bonchev–Trinajstić information content (AvgIpc) is 3.40. The van der Waals surface area contributed by atoms with Gasteiger partial charge in [-0.1, -0.05) is 286 Å². The van der Waals surface area contributed by atoms with E-state index < -0.39 is 6.10 Å². The minimum Gasteiger partial charge on any atom is -0.462 e. The molecule has 0 aromatic rings. The number of hydrogen-bond donors (Lipinski definition) is 0. The number of carbonyl (C=O) groups excluding carboxylic acids is 3. The van der Waals surface area contributed by atoms with Crippen molar-refractivity contribution in [2.75, 3.05) is 13.2 Å².